The molecular formula is C29H31FN4O5S. The molecule has 40 heavy (non-hydrogen) atoms. The van der Waals surface area contributed by atoms with E-state index in [4.69, 9.17) is 4.84 Å². The summed E-state index contributed by atoms with van der Waals surface area (Å²) >= 11 is 0. The number of halogens is 1. The Balaban J connectivity index is 1.58. The van der Waals surface area contributed by atoms with Crippen molar-refractivity contribution in [3.8, 4) is 0 Å². The monoisotopic (exact) mass is 566 g/mol. The number of carbonyl (C=O) groups excluding carboxylic acids is 2. The van der Waals surface area contributed by atoms with Gasteiger partial charge < -0.3 is 4.90 Å². The van der Waals surface area contributed by atoms with E-state index >= 15 is 4.39 Å². The Hall–Kier alpha value is -3.67. The van der Waals surface area contributed by atoms with Crippen molar-refractivity contribution in [2.45, 2.75) is 56.3 Å². The average Bonchev–Trinajstić information content (AvgIpc) is 2.93. The molecule has 5 rings (SSSR count). The molecule has 2 aromatic carbocycles. The van der Waals surface area contributed by atoms with Crippen molar-refractivity contribution < 1.29 is 27.2 Å². The van der Waals surface area contributed by atoms with E-state index in [1.54, 1.807) is 66.9 Å². The van der Waals surface area contributed by atoms with Crippen molar-refractivity contribution >= 4 is 21.8 Å². The zero-order chi connectivity index (χ0) is 28.3. The molecule has 2 amide bonds. The zero-order valence-corrected chi connectivity index (χ0v) is 22.8. The summed E-state index contributed by atoms with van der Waals surface area (Å²) in [5.74, 6) is -2.54. The van der Waals surface area contributed by atoms with Crippen LogP contribution in [0.2, 0.25) is 0 Å². The van der Waals surface area contributed by atoms with E-state index in [1.807, 2.05) is 0 Å². The SMILES string of the molecule is CS(=O)(=O)N[C@H]1CCCC[C@@H]1N1C(=O)c2ccccc2[C@@H](C(=O)NOCc2ccccn2)[C@@H]1c1ccccc1F. The molecule has 0 saturated heterocycles. The standard InChI is InChI=1S/C29H31FN4O5S/c1-40(37,38)33-24-15-6-7-16-25(24)34-27(22-13-4-5-14-23(22)30)26(20-11-2-3-12-21(20)29(34)36)28(35)32-39-18-19-10-8-9-17-31-19/h2-5,8-14,17,24-27,33H,6-7,15-16,18H2,1H3,(H,32,35)/t24-,25-,26+,27-/m0/s1. The van der Waals surface area contributed by atoms with Crippen molar-refractivity contribution in [2.24, 2.45) is 0 Å². The third-order valence-electron chi connectivity index (χ3n) is 7.45. The van der Waals surface area contributed by atoms with E-state index in [0.29, 0.717) is 29.7 Å². The second-order valence-corrected chi connectivity index (χ2v) is 11.9. The Morgan fingerprint density at radius 3 is 2.45 bits per heavy atom. The van der Waals surface area contributed by atoms with Gasteiger partial charge in [0.05, 0.1) is 23.9 Å². The van der Waals surface area contributed by atoms with E-state index in [1.165, 1.54) is 11.0 Å². The van der Waals surface area contributed by atoms with Crippen LogP contribution in [0.25, 0.3) is 0 Å². The molecule has 1 fully saturated rings. The number of carbonyl (C=O) groups is 2. The Morgan fingerprint density at radius 1 is 1.02 bits per heavy atom. The molecule has 2 aliphatic rings. The molecule has 3 aromatic rings. The third kappa shape index (κ3) is 5.91. The summed E-state index contributed by atoms with van der Waals surface area (Å²) in [6.45, 7) is 0.0108. The van der Waals surface area contributed by atoms with Crippen LogP contribution in [-0.4, -0.2) is 48.5 Å². The molecule has 11 heteroatoms. The van der Waals surface area contributed by atoms with Crippen LogP contribution in [0.4, 0.5) is 4.39 Å². The van der Waals surface area contributed by atoms with Crippen LogP contribution in [0.5, 0.6) is 0 Å². The highest BCUT2D eigenvalue weighted by Crippen LogP contribution is 2.46. The summed E-state index contributed by atoms with van der Waals surface area (Å²) in [4.78, 5) is 39.2. The van der Waals surface area contributed by atoms with Gasteiger partial charge in [-0.3, -0.25) is 19.4 Å². The molecule has 0 unspecified atom stereocenters. The molecule has 0 bridgehead atoms. The fraction of sp³-hybridized carbons (Fsp3) is 0.345. The summed E-state index contributed by atoms with van der Waals surface area (Å²) < 4.78 is 42.7. The van der Waals surface area contributed by atoms with E-state index in [0.717, 1.165) is 19.1 Å². The van der Waals surface area contributed by atoms with E-state index < -0.39 is 45.8 Å². The number of amides is 2. The summed E-state index contributed by atoms with van der Waals surface area (Å²) in [6, 6.07) is 15.9. The smallest absolute Gasteiger partial charge is 0.255 e. The number of aromatic nitrogens is 1. The second-order valence-electron chi connectivity index (χ2n) is 10.2. The number of hydroxylamine groups is 1. The molecule has 1 saturated carbocycles. The maximum atomic E-state index is 15.5. The molecule has 1 aliphatic heterocycles. The molecule has 210 valence electrons. The average molecular weight is 567 g/mol. The van der Waals surface area contributed by atoms with Gasteiger partial charge in [0.1, 0.15) is 12.4 Å². The Morgan fingerprint density at radius 2 is 1.73 bits per heavy atom. The van der Waals surface area contributed by atoms with Crippen LogP contribution >= 0.6 is 0 Å². The number of hydrogen-bond donors (Lipinski definition) is 2. The minimum absolute atomic E-state index is 0.0108. The largest absolute Gasteiger partial charge is 0.326 e. The van der Waals surface area contributed by atoms with E-state index in [-0.39, 0.29) is 18.1 Å². The molecule has 4 atom stereocenters. The number of nitrogens with one attached hydrogen (secondary N) is 2. The van der Waals surface area contributed by atoms with Crippen molar-refractivity contribution in [3.05, 3.63) is 101 Å². The number of rotatable bonds is 8. The molecule has 2 N–H and O–H groups in total. The second kappa shape index (κ2) is 11.8. The van der Waals surface area contributed by atoms with Crippen molar-refractivity contribution in [2.75, 3.05) is 6.26 Å². The number of hydrogen-bond acceptors (Lipinski definition) is 6. The lowest BCUT2D eigenvalue weighted by Gasteiger charge is -2.49. The number of fused-ring (bicyclic) bond motifs is 1. The van der Waals surface area contributed by atoms with Gasteiger partial charge in [-0.1, -0.05) is 55.3 Å². The first-order valence-electron chi connectivity index (χ1n) is 13.2. The first kappa shape index (κ1) is 27.9. The normalized spacial score (nSPS) is 22.9. The van der Waals surface area contributed by atoms with Gasteiger partial charge in [-0.25, -0.2) is 23.0 Å². The lowest BCUT2D eigenvalue weighted by Crippen LogP contribution is -2.59. The predicted octanol–water partition coefficient (Wildman–Crippen LogP) is 3.61. The maximum Gasteiger partial charge on any atom is 0.255 e. The number of nitrogens with zero attached hydrogens (tertiary/aromatic N) is 2. The number of benzene rings is 2. The lowest BCUT2D eigenvalue weighted by atomic mass is 9.76. The van der Waals surface area contributed by atoms with Crippen molar-refractivity contribution in [1.82, 2.24) is 20.1 Å². The molecule has 2 heterocycles. The molecule has 1 aromatic heterocycles. The Labute approximate surface area is 232 Å². The first-order valence-corrected chi connectivity index (χ1v) is 15.1. The summed E-state index contributed by atoms with van der Waals surface area (Å²) in [7, 11) is -3.60. The Bertz CT molecular complexity index is 1490. The van der Waals surface area contributed by atoms with Crippen LogP contribution < -0.4 is 10.2 Å². The maximum absolute atomic E-state index is 15.5. The van der Waals surface area contributed by atoms with Crippen LogP contribution in [0, 0.1) is 5.82 Å². The third-order valence-corrected chi connectivity index (χ3v) is 8.18. The highest BCUT2D eigenvalue weighted by Gasteiger charge is 2.49. The molecule has 9 nitrogen and oxygen atoms in total. The predicted molar refractivity (Wildman–Crippen MR) is 146 cm³/mol. The van der Waals surface area contributed by atoms with Crippen LogP contribution in [0.1, 0.15) is 64.8 Å². The van der Waals surface area contributed by atoms with Gasteiger partial charge in [0.15, 0.2) is 0 Å². The lowest BCUT2D eigenvalue weighted by molar-refractivity contribution is -0.138. The molecular weight excluding hydrogens is 535 g/mol. The minimum Gasteiger partial charge on any atom is -0.326 e. The van der Waals surface area contributed by atoms with Gasteiger partial charge in [-0.2, -0.15) is 0 Å². The first-order chi connectivity index (χ1) is 19.2. The Kier molecular flexibility index (Phi) is 8.24. The van der Waals surface area contributed by atoms with E-state index in [2.05, 4.69) is 15.2 Å². The topological polar surface area (TPSA) is 118 Å². The van der Waals surface area contributed by atoms with Crippen molar-refractivity contribution in [1.29, 1.82) is 0 Å². The van der Waals surface area contributed by atoms with Gasteiger partial charge in [-0.05, 0) is 42.7 Å². The molecule has 0 spiro atoms. The van der Waals surface area contributed by atoms with Gasteiger partial charge in [0.2, 0.25) is 10.0 Å². The number of sulfonamides is 1. The quantitative estimate of drug-likeness (QED) is 0.403. The summed E-state index contributed by atoms with van der Waals surface area (Å²) in [6.07, 6.45) is 5.23. The van der Waals surface area contributed by atoms with Gasteiger partial charge >= 0.3 is 0 Å². The fourth-order valence-corrected chi connectivity index (χ4v) is 6.65. The molecule has 1 aliphatic carbocycles. The summed E-state index contributed by atoms with van der Waals surface area (Å²) in [5, 5.41) is 0. The minimum atomic E-state index is -3.60. The highest BCUT2D eigenvalue weighted by atomic mass is 32.2. The molecule has 0 radical (unpaired) electrons. The zero-order valence-electron chi connectivity index (χ0n) is 22.0. The van der Waals surface area contributed by atoms with Crippen LogP contribution in [0.15, 0.2) is 72.9 Å². The van der Waals surface area contributed by atoms with Gasteiger partial charge in [0.25, 0.3) is 11.8 Å². The van der Waals surface area contributed by atoms with Gasteiger partial charge in [0, 0.05) is 29.4 Å². The van der Waals surface area contributed by atoms with Crippen LogP contribution in [-0.2, 0) is 26.3 Å². The van der Waals surface area contributed by atoms with Gasteiger partial charge in [-0.15, -0.1) is 0 Å². The fourth-order valence-electron chi connectivity index (χ4n) is 5.83. The van der Waals surface area contributed by atoms with Crippen LogP contribution in [0.3, 0.4) is 0 Å². The van der Waals surface area contributed by atoms with E-state index in [9.17, 15) is 18.0 Å². The number of pyridine rings is 1. The van der Waals surface area contributed by atoms with Crippen molar-refractivity contribution in [3.63, 3.8) is 0 Å². The summed E-state index contributed by atoms with van der Waals surface area (Å²) in [5.41, 5.74) is 4.02. The highest BCUT2D eigenvalue weighted by molar-refractivity contribution is 7.88.